The molecular weight excluding hydrogens is 307 g/mol. The highest BCUT2D eigenvalue weighted by molar-refractivity contribution is 5.37. The Morgan fingerprint density at radius 1 is 1.22 bits per heavy atom. The largest absolute Gasteiger partial charge is 0.456 e. The number of hydrogen-bond acceptors (Lipinski definition) is 2. The lowest BCUT2D eigenvalue weighted by Gasteiger charge is -2.15. The third-order valence-corrected chi connectivity index (χ3v) is 3.90. The van der Waals surface area contributed by atoms with Crippen LogP contribution in [-0.2, 0) is 12.6 Å². The minimum atomic E-state index is -4.47. The van der Waals surface area contributed by atoms with Gasteiger partial charge in [0.05, 0.1) is 5.69 Å². The number of aromatic nitrogens is 3. The van der Waals surface area contributed by atoms with Crippen molar-refractivity contribution in [2.45, 2.75) is 32.4 Å². The van der Waals surface area contributed by atoms with Crippen LogP contribution < -0.4 is 0 Å². The van der Waals surface area contributed by atoms with E-state index in [9.17, 15) is 13.2 Å². The predicted octanol–water partition coefficient (Wildman–Crippen LogP) is 4.34. The summed E-state index contributed by atoms with van der Waals surface area (Å²) in [5.41, 5.74) is 3.68. The maximum Gasteiger partial charge on any atom is 0.449 e. The average Bonchev–Trinajstić information content (AvgIpc) is 3.18. The number of nitrogens with one attached hydrogen (secondary N) is 2. The number of rotatable bonds is 4. The van der Waals surface area contributed by atoms with Crippen molar-refractivity contribution in [2.75, 3.05) is 0 Å². The maximum atomic E-state index is 12.7. The number of halogens is 3. The van der Waals surface area contributed by atoms with Crippen molar-refractivity contribution in [3.05, 3.63) is 64.6 Å². The molecule has 0 saturated carbocycles. The molecule has 0 aliphatic carbocycles. The van der Waals surface area contributed by atoms with E-state index in [-0.39, 0.29) is 5.92 Å². The first-order valence-electron chi connectivity index (χ1n) is 7.16. The molecule has 0 aromatic carbocycles. The fraction of sp³-hybridized carbons (Fsp3) is 0.312. The van der Waals surface area contributed by atoms with E-state index < -0.39 is 11.9 Å². The van der Waals surface area contributed by atoms with Crippen LogP contribution in [0.25, 0.3) is 0 Å². The molecule has 3 aromatic rings. The second kappa shape index (κ2) is 5.64. The van der Waals surface area contributed by atoms with Crippen molar-refractivity contribution in [2.24, 2.45) is 0 Å². The van der Waals surface area contributed by atoms with Crippen LogP contribution in [0, 0.1) is 13.8 Å². The van der Waals surface area contributed by atoms with Gasteiger partial charge in [-0.1, -0.05) is 0 Å². The summed E-state index contributed by atoms with van der Waals surface area (Å²) in [5.74, 6) is -0.809. The molecule has 1 unspecified atom stereocenters. The molecule has 0 amide bonds. The number of alkyl halides is 3. The topological polar surface area (TPSA) is 57.6 Å². The van der Waals surface area contributed by atoms with E-state index in [4.69, 9.17) is 4.42 Å². The molecule has 0 aliphatic heterocycles. The quantitative estimate of drug-likeness (QED) is 0.750. The Labute approximate surface area is 130 Å². The second-order valence-corrected chi connectivity index (χ2v) is 5.51. The highest BCUT2D eigenvalue weighted by Gasteiger charge is 2.35. The van der Waals surface area contributed by atoms with Gasteiger partial charge in [-0.05, 0) is 37.6 Å². The number of furan rings is 1. The van der Waals surface area contributed by atoms with Gasteiger partial charge in [-0.2, -0.15) is 18.3 Å². The predicted molar refractivity (Wildman–Crippen MR) is 78.1 cm³/mol. The maximum absolute atomic E-state index is 12.7. The van der Waals surface area contributed by atoms with E-state index in [1.54, 1.807) is 6.20 Å². The van der Waals surface area contributed by atoms with Crippen LogP contribution in [0.3, 0.4) is 0 Å². The van der Waals surface area contributed by atoms with Gasteiger partial charge in [0.1, 0.15) is 5.76 Å². The first-order valence-corrected chi connectivity index (χ1v) is 7.16. The zero-order valence-corrected chi connectivity index (χ0v) is 12.7. The summed E-state index contributed by atoms with van der Waals surface area (Å²) >= 11 is 0. The van der Waals surface area contributed by atoms with Crippen molar-refractivity contribution in [1.29, 1.82) is 0 Å². The van der Waals surface area contributed by atoms with Crippen LogP contribution in [0.15, 0.2) is 35.0 Å². The molecule has 0 radical (unpaired) electrons. The first-order chi connectivity index (χ1) is 10.9. The van der Waals surface area contributed by atoms with Gasteiger partial charge in [-0.15, -0.1) is 0 Å². The number of aryl methyl sites for hydroxylation is 2. The molecule has 4 nitrogen and oxygen atoms in total. The molecule has 0 bridgehead atoms. The summed E-state index contributed by atoms with van der Waals surface area (Å²) in [5, 5.41) is 7.11. The highest BCUT2D eigenvalue weighted by atomic mass is 19.4. The van der Waals surface area contributed by atoms with Crippen molar-refractivity contribution >= 4 is 0 Å². The molecule has 7 heteroatoms. The molecule has 0 spiro atoms. The van der Waals surface area contributed by atoms with E-state index in [1.165, 1.54) is 6.07 Å². The summed E-state index contributed by atoms with van der Waals surface area (Å²) in [6.07, 6.45) is -0.515. The lowest BCUT2D eigenvalue weighted by molar-refractivity contribution is -0.153. The standard InChI is InChI=1S/C16H16F3N3O/c1-9-15(10(2)22-21-9)13(11-5-6-20-8-11)7-12-3-4-14(23-12)16(17,18)19/h3-6,8,13,20H,7H2,1-2H3,(H,21,22). The van der Waals surface area contributed by atoms with E-state index in [2.05, 4.69) is 15.2 Å². The van der Waals surface area contributed by atoms with Gasteiger partial charge in [0, 0.05) is 36.0 Å². The summed E-state index contributed by atoms with van der Waals surface area (Å²) in [6.45, 7) is 3.78. The number of nitrogens with zero attached hydrogens (tertiary/aromatic N) is 1. The normalized spacial score (nSPS) is 13.4. The van der Waals surface area contributed by atoms with Crippen LogP contribution in [0.1, 0.15) is 40.0 Å². The molecule has 3 rings (SSSR count). The number of H-pyrrole nitrogens is 2. The van der Waals surface area contributed by atoms with Crippen LogP contribution in [0.5, 0.6) is 0 Å². The molecule has 0 fully saturated rings. The van der Waals surface area contributed by atoms with Crippen LogP contribution in [-0.4, -0.2) is 15.2 Å². The summed E-state index contributed by atoms with van der Waals surface area (Å²) in [6, 6.07) is 4.26. The van der Waals surface area contributed by atoms with Gasteiger partial charge in [0.25, 0.3) is 0 Å². The molecule has 3 aromatic heterocycles. The Hall–Kier alpha value is -2.44. The van der Waals surface area contributed by atoms with E-state index >= 15 is 0 Å². The molecule has 1 atom stereocenters. The monoisotopic (exact) mass is 323 g/mol. The molecule has 0 saturated heterocycles. The van der Waals surface area contributed by atoms with Gasteiger partial charge in [0.15, 0.2) is 0 Å². The lowest BCUT2D eigenvalue weighted by atomic mass is 9.88. The highest BCUT2D eigenvalue weighted by Crippen LogP contribution is 2.35. The smallest absolute Gasteiger partial charge is 0.449 e. The average molecular weight is 323 g/mol. The Morgan fingerprint density at radius 3 is 2.52 bits per heavy atom. The Bertz CT molecular complexity index is 764. The molecule has 2 N–H and O–H groups in total. The summed E-state index contributed by atoms with van der Waals surface area (Å²) < 4.78 is 43.1. The minimum Gasteiger partial charge on any atom is -0.456 e. The van der Waals surface area contributed by atoms with Crippen molar-refractivity contribution in [3.63, 3.8) is 0 Å². The number of aromatic amines is 2. The van der Waals surface area contributed by atoms with Gasteiger partial charge < -0.3 is 9.40 Å². The van der Waals surface area contributed by atoms with Crippen LogP contribution in [0.2, 0.25) is 0 Å². The third-order valence-electron chi connectivity index (χ3n) is 3.90. The van der Waals surface area contributed by atoms with Crippen molar-refractivity contribution in [3.8, 4) is 0 Å². The zero-order chi connectivity index (χ0) is 16.6. The van der Waals surface area contributed by atoms with E-state index in [0.717, 1.165) is 28.6 Å². The molecule has 3 heterocycles. The third kappa shape index (κ3) is 3.04. The van der Waals surface area contributed by atoms with Gasteiger partial charge in [-0.25, -0.2) is 0 Å². The molecule has 122 valence electrons. The lowest BCUT2D eigenvalue weighted by Crippen LogP contribution is -2.06. The van der Waals surface area contributed by atoms with Crippen LogP contribution >= 0.6 is 0 Å². The van der Waals surface area contributed by atoms with E-state index in [0.29, 0.717) is 12.2 Å². The first kappa shape index (κ1) is 15.5. The van der Waals surface area contributed by atoms with Gasteiger partial charge in [-0.3, -0.25) is 5.10 Å². The van der Waals surface area contributed by atoms with E-state index in [1.807, 2.05) is 26.1 Å². The minimum absolute atomic E-state index is 0.132. The summed E-state index contributed by atoms with van der Waals surface area (Å²) in [4.78, 5) is 2.99. The molecule has 0 aliphatic rings. The molecule has 23 heavy (non-hydrogen) atoms. The Morgan fingerprint density at radius 2 is 2.00 bits per heavy atom. The number of hydrogen-bond donors (Lipinski definition) is 2. The van der Waals surface area contributed by atoms with Gasteiger partial charge >= 0.3 is 6.18 Å². The summed E-state index contributed by atoms with van der Waals surface area (Å²) in [7, 11) is 0. The second-order valence-electron chi connectivity index (χ2n) is 5.51. The fourth-order valence-electron chi connectivity index (χ4n) is 2.85. The van der Waals surface area contributed by atoms with Crippen molar-refractivity contribution < 1.29 is 17.6 Å². The van der Waals surface area contributed by atoms with Crippen molar-refractivity contribution in [1.82, 2.24) is 15.2 Å². The Balaban J connectivity index is 1.96. The molecular formula is C16H16F3N3O. The Kier molecular flexibility index (Phi) is 3.79. The SMILES string of the molecule is Cc1n[nH]c(C)c1C(Cc1ccc(C(F)(F)F)o1)c1cc[nH]c1. The zero-order valence-electron chi connectivity index (χ0n) is 12.7. The fourth-order valence-corrected chi connectivity index (χ4v) is 2.85. The van der Waals surface area contributed by atoms with Crippen LogP contribution in [0.4, 0.5) is 13.2 Å². The van der Waals surface area contributed by atoms with Gasteiger partial charge in [0.2, 0.25) is 5.76 Å².